The molecule has 0 amide bonds. The first-order valence-electron chi connectivity index (χ1n) is 5.53. The molecular weight excluding hydrogens is 246 g/mol. The molecule has 0 bridgehead atoms. The Morgan fingerprint density at radius 3 is 2.42 bits per heavy atom. The third-order valence-electron chi connectivity index (χ3n) is 2.39. The van der Waals surface area contributed by atoms with E-state index < -0.39 is 11.9 Å². The van der Waals surface area contributed by atoms with Crippen LogP contribution < -0.4 is 0 Å². The Balaban J connectivity index is 3.37. The summed E-state index contributed by atoms with van der Waals surface area (Å²) >= 11 is 0. The van der Waals surface area contributed by atoms with Gasteiger partial charge in [-0.15, -0.1) is 0 Å². The summed E-state index contributed by atoms with van der Waals surface area (Å²) in [6, 6.07) is 7.07. The molecule has 0 spiro atoms. The van der Waals surface area contributed by atoms with Crippen molar-refractivity contribution in [1.29, 1.82) is 0 Å². The lowest BCUT2D eigenvalue weighted by Gasteiger charge is -2.08. The molecule has 0 heterocycles. The lowest BCUT2D eigenvalue weighted by Crippen LogP contribution is -2.09. The molecule has 5 nitrogen and oxygen atoms in total. The van der Waals surface area contributed by atoms with Crippen molar-refractivity contribution in [2.75, 3.05) is 21.3 Å². The highest BCUT2D eigenvalue weighted by Crippen LogP contribution is 2.19. The second-order valence-electron chi connectivity index (χ2n) is 3.55. The van der Waals surface area contributed by atoms with Gasteiger partial charge in [0.05, 0.1) is 19.8 Å². The van der Waals surface area contributed by atoms with Crippen molar-refractivity contribution in [2.24, 2.45) is 4.99 Å². The van der Waals surface area contributed by atoms with E-state index in [1.165, 1.54) is 14.2 Å². The zero-order valence-electron chi connectivity index (χ0n) is 11.0. The second kappa shape index (κ2) is 7.10. The SMILES string of the molecule is CN=Cc1ccccc1C(=CC(=O)OC)C(=O)OC. The van der Waals surface area contributed by atoms with Gasteiger partial charge in [0.15, 0.2) is 0 Å². The maximum atomic E-state index is 11.8. The fourth-order valence-electron chi connectivity index (χ4n) is 1.53. The van der Waals surface area contributed by atoms with Gasteiger partial charge >= 0.3 is 11.9 Å². The Bertz CT molecular complexity index is 532. The van der Waals surface area contributed by atoms with Crippen LogP contribution in [0, 0.1) is 0 Å². The predicted octanol–water partition coefficient (Wildman–Crippen LogP) is 1.46. The van der Waals surface area contributed by atoms with E-state index in [4.69, 9.17) is 0 Å². The Morgan fingerprint density at radius 2 is 1.84 bits per heavy atom. The molecule has 0 saturated carbocycles. The number of ether oxygens (including phenoxy) is 2. The van der Waals surface area contributed by atoms with Crippen LogP contribution in [-0.2, 0) is 19.1 Å². The number of methoxy groups -OCH3 is 2. The lowest BCUT2D eigenvalue weighted by atomic mass is 10.00. The van der Waals surface area contributed by atoms with Crippen LogP contribution in [0.3, 0.4) is 0 Å². The number of aliphatic imine (C=N–C) groups is 1. The summed E-state index contributed by atoms with van der Waals surface area (Å²) in [4.78, 5) is 27.0. The molecule has 100 valence electrons. The van der Waals surface area contributed by atoms with E-state index >= 15 is 0 Å². The smallest absolute Gasteiger partial charge is 0.338 e. The zero-order chi connectivity index (χ0) is 14.3. The van der Waals surface area contributed by atoms with Crippen LogP contribution in [0.2, 0.25) is 0 Å². The van der Waals surface area contributed by atoms with Gasteiger partial charge in [0.1, 0.15) is 0 Å². The highest BCUT2D eigenvalue weighted by molar-refractivity contribution is 6.22. The van der Waals surface area contributed by atoms with Crippen LogP contribution in [-0.4, -0.2) is 39.4 Å². The first-order chi connectivity index (χ1) is 9.13. The number of esters is 2. The first-order valence-corrected chi connectivity index (χ1v) is 5.53. The van der Waals surface area contributed by atoms with Crippen molar-refractivity contribution in [3.63, 3.8) is 0 Å². The van der Waals surface area contributed by atoms with E-state index in [9.17, 15) is 9.59 Å². The van der Waals surface area contributed by atoms with E-state index in [1.54, 1.807) is 31.5 Å². The van der Waals surface area contributed by atoms with Gasteiger partial charge < -0.3 is 9.47 Å². The van der Waals surface area contributed by atoms with Gasteiger partial charge in [-0.05, 0) is 5.56 Å². The minimum Gasteiger partial charge on any atom is -0.466 e. The molecule has 19 heavy (non-hydrogen) atoms. The number of carbonyl (C=O) groups is 2. The van der Waals surface area contributed by atoms with Gasteiger partial charge in [-0.3, -0.25) is 4.99 Å². The maximum Gasteiger partial charge on any atom is 0.338 e. The van der Waals surface area contributed by atoms with Gasteiger partial charge in [-0.25, -0.2) is 9.59 Å². The van der Waals surface area contributed by atoms with E-state index in [2.05, 4.69) is 14.5 Å². The molecule has 0 unspecified atom stereocenters. The monoisotopic (exact) mass is 261 g/mol. The van der Waals surface area contributed by atoms with Crippen LogP contribution in [0.15, 0.2) is 35.3 Å². The van der Waals surface area contributed by atoms with E-state index in [0.717, 1.165) is 6.08 Å². The second-order valence-corrected chi connectivity index (χ2v) is 3.55. The summed E-state index contributed by atoms with van der Waals surface area (Å²) in [6.45, 7) is 0. The average molecular weight is 261 g/mol. The molecule has 0 radical (unpaired) electrons. The molecule has 0 aliphatic heterocycles. The normalized spacial score (nSPS) is 11.4. The zero-order valence-corrected chi connectivity index (χ0v) is 11.0. The van der Waals surface area contributed by atoms with Crippen LogP contribution in [0.4, 0.5) is 0 Å². The minimum absolute atomic E-state index is 0.129. The summed E-state index contributed by atoms with van der Waals surface area (Å²) in [5.74, 6) is -1.23. The molecule has 0 aromatic heterocycles. The third kappa shape index (κ3) is 3.77. The van der Waals surface area contributed by atoms with Crippen LogP contribution in [0.25, 0.3) is 5.57 Å². The molecule has 0 saturated heterocycles. The van der Waals surface area contributed by atoms with Crippen molar-refractivity contribution >= 4 is 23.7 Å². The van der Waals surface area contributed by atoms with E-state index in [1.807, 2.05) is 6.07 Å². The van der Waals surface area contributed by atoms with Crippen molar-refractivity contribution in [3.8, 4) is 0 Å². The highest BCUT2D eigenvalue weighted by Gasteiger charge is 2.17. The quantitative estimate of drug-likeness (QED) is 0.467. The number of hydrogen-bond donors (Lipinski definition) is 0. The predicted molar refractivity (Wildman–Crippen MR) is 72.0 cm³/mol. The summed E-state index contributed by atoms with van der Waals surface area (Å²) in [6.07, 6.45) is 2.71. The van der Waals surface area contributed by atoms with E-state index in [0.29, 0.717) is 11.1 Å². The summed E-state index contributed by atoms with van der Waals surface area (Å²) in [5, 5.41) is 0. The van der Waals surface area contributed by atoms with Crippen molar-refractivity contribution < 1.29 is 19.1 Å². The molecule has 1 aromatic rings. The lowest BCUT2D eigenvalue weighted by molar-refractivity contribution is -0.136. The number of benzene rings is 1. The molecular formula is C14H15NO4. The van der Waals surface area contributed by atoms with Gasteiger partial charge in [-0.2, -0.15) is 0 Å². The van der Waals surface area contributed by atoms with Gasteiger partial charge in [0, 0.05) is 24.9 Å². The number of carbonyl (C=O) groups excluding carboxylic acids is 2. The number of nitrogens with zero attached hydrogens (tertiary/aromatic N) is 1. The molecule has 0 atom stereocenters. The van der Waals surface area contributed by atoms with Crippen molar-refractivity contribution in [2.45, 2.75) is 0 Å². The molecule has 0 aliphatic carbocycles. The fourth-order valence-corrected chi connectivity index (χ4v) is 1.53. The van der Waals surface area contributed by atoms with Crippen LogP contribution >= 0.6 is 0 Å². The summed E-state index contributed by atoms with van der Waals surface area (Å²) in [5.41, 5.74) is 1.40. The Hall–Kier alpha value is -2.43. The van der Waals surface area contributed by atoms with Gasteiger partial charge in [0.25, 0.3) is 0 Å². The highest BCUT2D eigenvalue weighted by atomic mass is 16.5. The molecule has 0 aliphatic rings. The standard InChI is InChI=1S/C14H15NO4/c1-15-9-10-6-4-5-7-11(10)12(14(17)19-3)8-13(16)18-2/h4-9H,1-3H3. The Labute approximate surface area is 111 Å². The summed E-state index contributed by atoms with van der Waals surface area (Å²) < 4.78 is 9.23. The van der Waals surface area contributed by atoms with E-state index in [-0.39, 0.29) is 5.57 Å². The third-order valence-corrected chi connectivity index (χ3v) is 2.39. The Kier molecular flexibility index (Phi) is 5.47. The number of rotatable bonds is 4. The van der Waals surface area contributed by atoms with Gasteiger partial charge in [-0.1, -0.05) is 24.3 Å². The topological polar surface area (TPSA) is 65.0 Å². The average Bonchev–Trinajstić information content (AvgIpc) is 2.45. The first kappa shape index (κ1) is 14.6. The minimum atomic E-state index is -0.622. The molecule has 0 N–H and O–H groups in total. The van der Waals surface area contributed by atoms with Crippen molar-refractivity contribution in [1.82, 2.24) is 0 Å². The molecule has 0 fully saturated rings. The molecule has 1 aromatic carbocycles. The Morgan fingerprint density at radius 1 is 1.16 bits per heavy atom. The van der Waals surface area contributed by atoms with Gasteiger partial charge in [0.2, 0.25) is 0 Å². The summed E-state index contributed by atoms with van der Waals surface area (Å²) in [7, 11) is 4.12. The molecule has 1 rings (SSSR count). The number of hydrogen-bond acceptors (Lipinski definition) is 5. The maximum absolute atomic E-state index is 11.8. The van der Waals surface area contributed by atoms with Crippen molar-refractivity contribution in [3.05, 3.63) is 41.5 Å². The fraction of sp³-hybridized carbons (Fsp3) is 0.214. The largest absolute Gasteiger partial charge is 0.466 e. The van der Waals surface area contributed by atoms with Crippen LogP contribution in [0.5, 0.6) is 0 Å². The molecule has 5 heteroatoms. The van der Waals surface area contributed by atoms with Crippen LogP contribution in [0.1, 0.15) is 11.1 Å².